The topological polar surface area (TPSA) is 57.7 Å². The number of hydrogen-bond acceptors (Lipinski definition) is 5. The minimum atomic E-state index is -4.94. The van der Waals surface area contributed by atoms with Crippen molar-refractivity contribution in [2.75, 3.05) is 13.4 Å². The van der Waals surface area contributed by atoms with E-state index in [4.69, 9.17) is 4.74 Å². The zero-order valence-electron chi connectivity index (χ0n) is 13.4. The fourth-order valence-electron chi connectivity index (χ4n) is 2.01. The fraction of sp³-hybridized carbons (Fsp3) is 0.333. The van der Waals surface area contributed by atoms with Gasteiger partial charge in [-0.2, -0.15) is 26.3 Å². The van der Waals surface area contributed by atoms with Crippen LogP contribution in [0, 0.1) is 0 Å². The first-order valence-corrected chi connectivity index (χ1v) is 7.93. The predicted octanol–water partition coefficient (Wildman–Crippen LogP) is 5.54. The lowest BCUT2D eigenvalue weighted by molar-refractivity contribution is -0.141. The Kier molecular flexibility index (Phi) is 6.07. The van der Waals surface area contributed by atoms with Gasteiger partial charge in [0.25, 0.3) is 0 Å². The summed E-state index contributed by atoms with van der Waals surface area (Å²) >= 11 is 2.88. The molecule has 1 aromatic heterocycles. The minimum Gasteiger partial charge on any atom is -0.456 e. The van der Waals surface area contributed by atoms with Crippen LogP contribution >= 0.6 is 15.9 Å². The van der Waals surface area contributed by atoms with Crippen LogP contribution in [-0.4, -0.2) is 24.5 Å². The van der Waals surface area contributed by atoms with E-state index in [1.54, 1.807) is 0 Å². The number of carbonyl (C=O) groups is 1. The van der Waals surface area contributed by atoms with E-state index < -0.39 is 47.8 Å². The molecule has 1 aromatic carbocycles. The van der Waals surface area contributed by atoms with Gasteiger partial charge in [0, 0.05) is 10.5 Å². The van der Waals surface area contributed by atoms with Gasteiger partial charge in [-0.1, -0.05) is 0 Å². The van der Waals surface area contributed by atoms with E-state index in [0.29, 0.717) is 18.2 Å². The lowest BCUT2D eigenvalue weighted by Gasteiger charge is -2.15. The van der Waals surface area contributed by atoms with Crippen molar-refractivity contribution < 1.29 is 45.3 Å². The number of rotatable bonds is 4. The highest BCUT2D eigenvalue weighted by atomic mass is 79.9. The van der Waals surface area contributed by atoms with Crippen LogP contribution in [0.25, 0.3) is 10.9 Å². The lowest BCUT2D eigenvalue weighted by Crippen LogP contribution is -2.14. The van der Waals surface area contributed by atoms with Crippen LogP contribution in [0.1, 0.15) is 18.2 Å². The number of aromatic nitrogens is 1. The van der Waals surface area contributed by atoms with Gasteiger partial charge in [-0.15, -0.1) is 0 Å². The molecule has 0 N–H and O–H groups in total. The molecule has 0 aliphatic carbocycles. The van der Waals surface area contributed by atoms with Crippen LogP contribution in [0.15, 0.2) is 22.7 Å². The Balaban J connectivity index is 2.51. The molecule has 1 heterocycles. The number of ether oxygens (including phenoxy) is 3. The Bertz CT molecular complexity index is 848. The SMILES string of the molecule is CCOC(=O)OCOc1cc(C(F)(F)F)nc2cc(C(F)(F)F)cc(Br)c12. The maximum atomic E-state index is 13.0. The van der Waals surface area contributed by atoms with Gasteiger partial charge in [0.1, 0.15) is 11.4 Å². The molecule has 0 fully saturated rings. The summed E-state index contributed by atoms with van der Waals surface area (Å²) < 4.78 is 91.6. The summed E-state index contributed by atoms with van der Waals surface area (Å²) in [5.41, 5.74) is -3.26. The molecular formula is C15H10BrF6NO4. The molecule has 148 valence electrons. The molecule has 0 unspecified atom stereocenters. The van der Waals surface area contributed by atoms with Gasteiger partial charge in [-0.05, 0) is 35.0 Å². The summed E-state index contributed by atoms with van der Waals surface area (Å²) in [4.78, 5) is 14.3. The van der Waals surface area contributed by atoms with Crippen molar-refractivity contribution in [1.82, 2.24) is 4.98 Å². The number of benzene rings is 1. The number of alkyl halides is 6. The first kappa shape index (κ1) is 21.1. The second kappa shape index (κ2) is 7.79. The number of pyridine rings is 1. The van der Waals surface area contributed by atoms with Crippen LogP contribution in [0.5, 0.6) is 5.75 Å². The Hall–Kier alpha value is -2.24. The maximum absolute atomic E-state index is 13.0. The van der Waals surface area contributed by atoms with Crippen LogP contribution in [0.4, 0.5) is 31.1 Å². The number of hydrogen-bond donors (Lipinski definition) is 0. The van der Waals surface area contributed by atoms with Crippen molar-refractivity contribution in [3.63, 3.8) is 0 Å². The van der Waals surface area contributed by atoms with E-state index in [1.165, 1.54) is 6.92 Å². The highest BCUT2D eigenvalue weighted by Gasteiger charge is 2.36. The Labute approximate surface area is 156 Å². The van der Waals surface area contributed by atoms with Crippen LogP contribution in [0.2, 0.25) is 0 Å². The molecule has 0 radical (unpaired) electrons. The minimum absolute atomic E-state index is 0.00100. The molecule has 0 saturated carbocycles. The third-order valence-electron chi connectivity index (χ3n) is 3.10. The van der Waals surface area contributed by atoms with Crippen molar-refractivity contribution in [3.05, 3.63) is 33.9 Å². The third kappa shape index (κ3) is 5.15. The molecule has 0 amide bonds. The largest absolute Gasteiger partial charge is 0.511 e. The molecular weight excluding hydrogens is 452 g/mol. The van der Waals surface area contributed by atoms with Gasteiger partial charge in [-0.3, -0.25) is 0 Å². The number of carbonyl (C=O) groups excluding carboxylic acids is 1. The van der Waals surface area contributed by atoms with E-state index in [2.05, 4.69) is 30.4 Å². The molecule has 27 heavy (non-hydrogen) atoms. The third-order valence-corrected chi connectivity index (χ3v) is 3.72. The fourth-order valence-corrected chi connectivity index (χ4v) is 2.65. The van der Waals surface area contributed by atoms with E-state index >= 15 is 0 Å². The molecule has 2 aromatic rings. The smallest absolute Gasteiger partial charge is 0.456 e. The summed E-state index contributed by atoms with van der Waals surface area (Å²) in [5, 5.41) is -0.150. The normalized spacial score (nSPS) is 12.1. The predicted molar refractivity (Wildman–Crippen MR) is 83.0 cm³/mol. The average molecular weight is 462 g/mol. The Morgan fingerprint density at radius 2 is 1.74 bits per heavy atom. The molecule has 12 heteroatoms. The second-order valence-corrected chi connectivity index (χ2v) is 5.80. The Morgan fingerprint density at radius 3 is 2.30 bits per heavy atom. The molecule has 0 atom stereocenters. The molecule has 0 saturated heterocycles. The number of halogens is 7. The molecule has 0 aliphatic heterocycles. The van der Waals surface area contributed by atoms with E-state index in [9.17, 15) is 31.1 Å². The quantitative estimate of drug-likeness (QED) is 0.339. The zero-order chi connectivity index (χ0) is 20.4. The van der Waals surface area contributed by atoms with Gasteiger partial charge in [-0.25, -0.2) is 9.78 Å². The first-order chi connectivity index (χ1) is 12.4. The van der Waals surface area contributed by atoms with E-state index in [1.807, 2.05) is 0 Å². The zero-order valence-corrected chi connectivity index (χ0v) is 15.0. The molecule has 0 spiro atoms. The van der Waals surface area contributed by atoms with Crippen molar-refractivity contribution in [1.29, 1.82) is 0 Å². The van der Waals surface area contributed by atoms with Gasteiger partial charge < -0.3 is 14.2 Å². The van der Waals surface area contributed by atoms with Crippen molar-refractivity contribution in [2.24, 2.45) is 0 Å². The van der Waals surface area contributed by atoms with Crippen LogP contribution in [-0.2, 0) is 21.8 Å². The molecule has 5 nitrogen and oxygen atoms in total. The summed E-state index contributed by atoms with van der Waals surface area (Å²) in [5.74, 6) is -0.475. The number of nitrogens with zero attached hydrogens (tertiary/aromatic N) is 1. The monoisotopic (exact) mass is 461 g/mol. The maximum Gasteiger partial charge on any atom is 0.511 e. The molecule has 0 bridgehead atoms. The van der Waals surface area contributed by atoms with Crippen LogP contribution in [0.3, 0.4) is 0 Å². The summed E-state index contributed by atoms with van der Waals surface area (Å²) in [6, 6.07) is 1.64. The molecule has 2 rings (SSSR count). The number of fused-ring (bicyclic) bond motifs is 1. The average Bonchev–Trinajstić information content (AvgIpc) is 2.52. The summed E-state index contributed by atoms with van der Waals surface area (Å²) in [6.45, 7) is 0.688. The van der Waals surface area contributed by atoms with Gasteiger partial charge in [0.2, 0.25) is 6.79 Å². The van der Waals surface area contributed by atoms with Gasteiger partial charge in [0.05, 0.1) is 23.1 Å². The first-order valence-electron chi connectivity index (χ1n) is 7.14. The van der Waals surface area contributed by atoms with E-state index in [0.717, 1.165) is 0 Å². The van der Waals surface area contributed by atoms with Crippen molar-refractivity contribution in [2.45, 2.75) is 19.3 Å². The highest BCUT2D eigenvalue weighted by Crippen LogP contribution is 2.40. The lowest BCUT2D eigenvalue weighted by atomic mass is 10.1. The van der Waals surface area contributed by atoms with Gasteiger partial charge in [0.15, 0.2) is 0 Å². The highest BCUT2D eigenvalue weighted by molar-refractivity contribution is 9.10. The van der Waals surface area contributed by atoms with Crippen molar-refractivity contribution >= 4 is 33.0 Å². The van der Waals surface area contributed by atoms with E-state index in [-0.39, 0.29) is 16.5 Å². The standard InChI is InChI=1S/C15H10BrF6NO4/c1-2-25-13(24)27-6-26-10-5-11(15(20,21)22)23-9-4-7(14(17,18)19)3-8(16)12(9)10/h3-5H,2,6H2,1H3. The van der Waals surface area contributed by atoms with Crippen molar-refractivity contribution in [3.8, 4) is 5.75 Å². The second-order valence-electron chi connectivity index (χ2n) is 4.94. The van der Waals surface area contributed by atoms with Gasteiger partial charge >= 0.3 is 18.5 Å². The Morgan fingerprint density at radius 1 is 1.07 bits per heavy atom. The summed E-state index contributed by atoms with van der Waals surface area (Å²) in [6.07, 6.45) is -10.8. The van der Waals surface area contributed by atoms with Crippen LogP contribution < -0.4 is 4.74 Å². The summed E-state index contributed by atoms with van der Waals surface area (Å²) in [7, 11) is 0. The molecule has 0 aliphatic rings.